The molecular weight excluding hydrogens is 528 g/mol. The third kappa shape index (κ3) is 6.68. The van der Waals surface area contributed by atoms with Crippen molar-refractivity contribution in [3.8, 4) is 17.2 Å². The first kappa shape index (κ1) is 27.1. The molecule has 4 rings (SSSR count). The molecule has 0 bridgehead atoms. The topological polar surface area (TPSA) is 127 Å². The molecule has 0 aromatic heterocycles. The molecule has 0 fully saturated rings. The maximum Gasteiger partial charge on any atom is 0.363 e. The monoisotopic (exact) mass is 548 g/mol. The summed E-state index contributed by atoms with van der Waals surface area (Å²) in [6, 6.07) is 15.3. The standard InChI is InChI=1S/C28H21ClN2O8/c1-3-37-25-15-18(14-22-28(33)39-27(30-22)21-16-19(29)8-12-23(21)36-2)6-11-24(25)38-26(32)13-7-17-4-9-20(10-5-17)31(34)35/h4-16H,3H2,1-2H3/b13-7+,22-14-. The van der Waals surface area contributed by atoms with Crippen molar-refractivity contribution in [2.24, 2.45) is 4.99 Å². The van der Waals surface area contributed by atoms with Gasteiger partial charge in [-0.2, -0.15) is 0 Å². The number of nitro benzene ring substituents is 1. The number of cyclic esters (lactones) is 1. The molecule has 1 aliphatic heterocycles. The number of aliphatic imine (C=N–C) groups is 1. The van der Waals surface area contributed by atoms with Crippen molar-refractivity contribution in [3.63, 3.8) is 0 Å². The molecule has 0 N–H and O–H groups in total. The van der Waals surface area contributed by atoms with Gasteiger partial charge < -0.3 is 18.9 Å². The lowest BCUT2D eigenvalue weighted by molar-refractivity contribution is -0.384. The van der Waals surface area contributed by atoms with E-state index in [1.165, 1.54) is 55.7 Å². The Kier molecular flexibility index (Phi) is 8.37. The Morgan fingerprint density at radius 1 is 1.05 bits per heavy atom. The second-order valence-electron chi connectivity index (χ2n) is 7.92. The average Bonchev–Trinajstić information content (AvgIpc) is 3.29. The maximum absolute atomic E-state index is 12.5. The fraction of sp³-hybridized carbons (Fsp3) is 0.107. The zero-order valence-corrected chi connectivity index (χ0v) is 21.5. The highest BCUT2D eigenvalue weighted by Crippen LogP contribution is 2.31. The smallest absolute Gasteiger partial charge is 0.363 e. The van der Waals surface area contributed by atoms with E-state index < -0.39 is 16.9 Å². The van der Waals surface area contributed by atoms with Gasteiger partial charge in [-0.05, 0) is 72.7 Å². The number of non-ortho nitro benzene ring substituents is 1. The SMILES string of the molecule is CCOc1cc(/C=C2\N=C(c3cc(Cl)ccc3OC)OC2=O)ccc1OC(=O)/C=C/c1ccc([N+](=O)[O-])cc1. The summed E-state index contributed by atoms with van der Waals surface area (Å²) < 4.78 is 21.7. The minimum Gasteiger partial charge on any atom is -0.496 e. The second-order valence-corrected chi connectivity index (χ2v) is 8.36. The van der Waals surface area contributed by atoms with Crippen LogP contribution < -0.4 is 14.2 Å². The number of ether oxygens (including phenoxy) is 4. The van der Waals surface area contributed by atoms with Crippen LogP contribution in [-0.4, -0.2) is 36.5 Å². The first-order valence-electron chi connectivity index (χ1n) is 11.5. The summed E-state index contributed by atoms with van der Waals surface area (Å²) in [5, 5.41) is 11.2. The Hall–Kier alpha value is -4.96. The summed E-state index contributed by atoms with van der Waals surface area (Å²) in [5.41, 5.74) is 1.56. The number of nitrogens with zero attached hydrogens (tertiary/aromatic N) is 2. The minimum atomic E-state index is -0.676. The molecule has 3 aromatic rings. The largest absolute Gasteiger partial charge is 0.496 e. The highest BCUT2D eigenvalue weighted by atomic mass is 35.5. The van der Waals surface area contributed by atoms with E-state index in [1.807, 2.05) is 0 Å². The van der Waals surface area contributed by atoms with E-state index in [0.717, 1.165) is 0 Å². The summed E-state index contributed by atoms with van der Waals surface area (Å²) in [4.78, 5) is 39.4. The number of hydrogen-bond donors (Lipinski definition) is 0. The van der Waals surface area contributed by atoms with Crippen LogP contribution >= 0.6 is 11.6 Å². The first-order chi connectivity index (χ1) is 18.8. The van der Waals surface area contributed by atoms with Crippen LogP contribution in [0.25, 0.3) is 12.2 Å². The van der Waals surface area contributed by atoms with Crippen LogP contribution in [0.2, 0.25) is 5.02 Å². The van der Waals surface area contributed by atoms with Gasteiger partial charge in [0, 0.05) is 23.2 Å². The molecule has 0 radical (unpaired) electrons. The van der Waals surface area contributed by atoms with Crippen LogP contribution in [0.1, 0.15) is 23.6 Å². The number of halogens is 1. The molecule has 1 heterocycles. The summed E-state index contributed by atoms with van der Waals surface area (Å²) in [5.74, 6) is -0.391. The number of carbonyl (C=O) groups excluding carboxylic acids is 2. The van der Waals surface area contributed by atoms with Gasteiger partial charge in [0.1, 0.15) is 5.75 Å². The van der Waals surface area contributed by atoms with Gasteiger partial charge in [-0.15, -0.1) is 0 Å². The maximum atomic E-state index is 12.5. The van der Waals surface area contributed by atoms with Crippen LogP contribution in [0.3, 0.4) is 0 Å². The van der Waals surface area contributed by atoms with Gasteiger partial charge in [0.05, 0.1) is 24.2 Å². The third-order valence-corrected chi connectivity index (χ3v) is 5.54. The van der Waals surface area contributed by atoms with Crippen molar-refractivity contribution >= 4 is 47.3 Å². The summed E-state index contributed by atoms with van der Waals surface area (Å²) in [6.07, 6.45) is 4.18. The van der Waals surface area contributed by atoms with E-state index in [2.05, 4.69) is 4.99 Å². The van der Waals surface area contributed by atoms with Crippen LogP contribution in [0.15, 0.2) is 77.4 Å². The number of esters is 2. The molecule has 0 amide bonds. The number of benzene rings is 3. The summed E-state index contributed by atoms with van der Waals surface area (Å²) in [6.45, 7) is 2.07. The zero-order valence-electron chi connectivity index (χ0n) is 20.8. The number of methoxy groups -OCH3 is 1. The Morgan fingerprint density at radius 2 is 1.77 bits per heavy atom. The highest BCUT2D eigenvalue weighted by Gasteiger charge is 2.26. The quantitative estimate of drug-likeness (QED) is 0.111. The van der Waals surface area contributed by atoms with Crippen molar-refractivity contribution in [1.82, 2.24) is 0 Å². The predicted octanol–water partition coefficient (Wildman–Crippen LogP) is 5.62. The molecule has 10 nitrogen and oxygen atoms in total. The van der Waals surface area contributed by atoms with Crippen molar-refractivity contribution in [3.05, 3.63) is 104 Å². The van der Waals surface area contributed by atoms with Crippen molar-refractivity contribution < 1.29 is 33.5 Å². The van der Waals surface area contributed by atoms with Crippen LogP contribution in [0, 0.1) is 10.1 Å². The lowest BCUT2D eigenvalue weighted by Crippen LogP contribution is -2.07. The Balaban J connectivity index is 1.53. The van der Waals surface area contributed by atoms with E-state index in [-0.39, 0.29) is 28.8 Å². The van der Waals surface area contributed by atoms with Gasteiger partial charge in [0.25, 0.3) is 5.69 Å². The van der Waals surface area contributed by atoms with E-state index in [1.54, 1.807) is 37.3 Å². The fourth-order valence-electron chi connectivity index (χ4n) is 3.51. The van der Waals surface area contributed by atoms with Crippen molar-refractivity contribution in [1.29, 1.82) is 0 Å². The lowest BCUT2D eigenvalue weighted by atomic mass is 10.1. The van der Waals surface area contributed by atoms with Crippen LogP contribution in [0.5, 0.6) is 17.2 Å². The highest BCUT2D eigenvalue weighted by molar-refractivity contribution is 6.31. The molecule has 198 valence electrons. The molecule has 39 heavy (non-hydrogen) atoms. The Labute approximate surface area is 227 Å². The van der Waals surface area contributed by atoms with Crippen LogP contribution in [0.4, 0.5) is 5.69 Å². The van der Waals surface area contributed by atoms with E-state index in [0.29, 0.717) is 34.1 Å². The molecule has 0 saturated heterocycles. The molecule has 11 heteroatoms. The van der Waals surface area contributed by atoms with Gasteiger partial charge in [-0.25, -0.2) is 14.6 Å². The zero-order chi connectivity index (χ0) is 27.9. The molecular formula is C28H21ClN2O8. The van der Waals surface area contributed by atoms with E-state index in [9.17, 15) is 19.7 Å². The number of carbonyl (C=O) groups is 2. The van der Waals surface area contributed by atoms with Crippen LogP contribution in [-0.2, 0) is 14.3 Å². The Bertz CT molecular complexity index is 1530. The second kappa shape index (κ2) is 12.1. The summed E-state index contributed by atoms with van der Waals surface area (Å²) >= 11 is 6.08. The van der Waals surface area contributed by atoms with Crippen molar-refractivity contribution in [2.75, 3.05) is 13.7 Å². The molecule has 0 unspecified atom stereocenters. The summed E-state index contributed by atoms with van der Waals surface area (Å²) in [7, 11) is 1.48. The fourth-order valence-corrected chi connectivity index (χ4v) is 3.68. The van der Waals surface area contributed by atoms with Gasteiger partial charge in [-0.3, -0.25) is 10.1 Å². The minimum absolute atomic E-state index is 0.0465. The molecule has 0 aliphatic carbocycles. The first-order valence-corrected chi connectivity index (χ1v) is 11.9. The normalized spacial score (nSPS) is 13.8. The molecule has 0 atom stereocenters. The average molecular weight is 549 g/mol. The van der Waals surface area contributed by atoms with Gasteiger partial charge >= 0.3 is 11.9 Å². The lowest BCUT2D eigenvalue weighted by Gasteiger charge is -2.10. The number of nitro groups is 1. The molecule has 0 spiro atoms. The van der Waals surface area contributed by atoms with E-state index in [4.69, 9.17) is 30.5 Å². The predicted molar refractivity (Wildman–Crippen MR) is 144 cm³/mol. The van der Waals surface area contributed by atoms with Gasteiger partial charge in [0.15, 0.2) is 17.2 Å². The number of hydrogen-bond acceptors (Lipinski definition) is 9. The van der Waals surface area contributed by atoms with Crippen molar-refractivity contribution in [2.45, 2.75) is 6.92 Å². The van der Waals surface area contributed by atoms with E-state index >= 15 is 0 Å². The molecule has 0 saturated carbocycles. The van der Waals surface area contributed by atoms with Gasteiger partial charge in [-0.1, -0.05) is 17.7 Å². The van der Waals surface area contributed by atoms with Gasteiger partial charge in [0.2, 0.25) is 5.90 Å². The molecule has 3 aromatic carbocycles. The third-order valence-electron chi connectivity index (χ3n) is 5.31. The Morgan fingerprint density at radius 3 is 2.46 bits per heavy atom. The molecule has 1 aliphatic rings. The number of rotatable bonds is 9.